The van der Waals surface area contributed by atoms with Crippen LogP contribution in [0.2, 0.25) is 0 Å². The minimum atomic E-state index is 0.0231. The third-order valence-corrected chi connectivity index (χ3v) is 6.84. The van der Waals surface area contributed by atoms with Gasteiger partial charge in [0.25, 0.3) is 5.91 Å². The molecule has 1 saturated heterocycles. The molecule has 1 fully saturated rings. The molecule has 1 amide bonds. The predicted octanol–water partition coefficient (Wildman–Crippen LogP) is 3.33. The van der Waals surface area contributed by atoms with Crippen LogP contribution >= 0.6 is 38.6 Å². The van der Waals surface area contributed by atoms with Gasteiger partial charge in [-0.25, -0.2) is 4.98 Å². The number of amides is 1. The first-order valence-electron chi connectivity index (χ1n) is 8.29. The molecular formula is C17H18BrN5OS2. The Morgan fingerprint density at radius 1 is 1.27 bits per heavy atom. The van der Waals surface area contributed by atoms with E-state index in [0.717, 1.165) is 47.1 Å². The van der Waals surface area contributed by atoms with Gasteiger partial charge in [-0.1, -0.05) is 0 Å². The number of halogens is 1. The highest BCUT2D eigenvalue weighted by Crippen LogP contribution is 2.25. The second-order valence-electron chi connectivity index (χ2n) is 6.21. The van der Waals surface area contributed by atoms with E-state index in [1.54, 1.807) is 22.2 Å². The Morgan fingerprint density at radius 3 is 2.73 bits per heavy atom. The largest absolute Gasteiger partial charge is 0.335 e. The summed E-state index contributed by atoms with van der Waals surface area (Å²) >= 11 is 6.76. The highest BCUT2D eigenvalue weighted by molar-refractivity contribution is 9.11. The van der Waals surface area contributed by atoms with Crippen molar-refractivity contribution in [3.05, 3.63) is 44.3 Å². The summed E-state index contributed by atoms with van der Waals surface area (Å²) in [7, 11) is 1.87. The van der Waals surface area contributed by atoms with Gasteiger partial charge in [-0.3, -0.25) is 14.4 Å². The van der Waals surface area contributed by atoms with Crippen LogP contribution in [-0.4, -0.2) is 56.7 Å². The maximum Gasteiger partial charge on any atom is 0.273 e. The first kappa shape index (κ1) is 17.8. The minimum Gasteiger partial charge on any atom is -0.335 e. The molecule has 4 heterocycles. The van der Waals surface area contributed by atoms with E-state index in [0.29, 0.717) is 5.69 Å². The number of aromatic nitrogens is 3. The molecule has 0 bridgehead atoms. The number of aryl methyl sites for hydroxylation is 1. The summed E-state index contributed by atoms with van der Waals surface area (Å²) in [6, 6.07) is 4.24. The zero-order valence-corrected chi connectivity index (χ0v) is 17.5. The number of piperazine rings is 1. The van der Waals surface area contributed by atoms with Crippen LogP contribution in [0.3, 0.4) is 0 Å². The van der Waals surface area contributed by atoms with Crippen molar-refractivity contribution in [1.82, 2.24) is 24.6 Å². The quantitative estimate of drug-likeness (QED) is 0.610. The van der Waals surface area contributed by atoms with Gasteiger partial charge in [0.05, 0.1) is 9.98 Å². The van der Waals surface area contributed by atoms with Crippen molar-refractivity contribution in [2.24, 2.45) is 7.05 Å². The summed E-state index contributed by atoms with van der Waals surface area (Å²) in [4.78, 5) is 22.9. The molecule has 1 aliphatic rings. The van der Waals surface area contributed by atoms with Crippen LogP contribution in [0.25, 0.3) is 10.6 Å². The number of carbonyl (C=O) groups excluding carboxylic acids is 1. The van der Waals surface area contributed by atoms with E-state index in [4.69, 9.17) is 0 Å². The van der Waals surface area contributed by atoms with Crippen molar-refractivity contribution in [3.63, 3.8) is 0 Å². The predicted molar refractivity (Wildman–Crippen MR) is 108 cm³/mol. The van der Waals surface area contributed by atoms with Crippen molar-refractivity contribution in [2.75, 3.05) is 26.2 Å². The van der Waals surface area contributed by atoms with Gasteiger partial charge in [0.15, 0.2) is 0 Å². The molecule has 136 valence electrons. The van der Waals surface area contributed by atoms with Gasteiger partial charge in [0.2, 0.25) is 0 Å². The Morgan fingerprint density at radius 2 is 2.08 bits per heavy atom. The SMILES string of the molecule is Cn1cc(-c2nc(C(=O)N3CCN(Cc4ccc(Br)s4)CC3)cs2)cn1. The van der Waals surface area contributed by atoms with Crippen LogP contribution in [0, 0.1) is 0 Å². The van der Waals surface area contributed by atoms with E-state index in [9.17, 15) is 4.79 Å². The topological polar surface area (TPSA) is 54.3 Å². The second kappa shape index (κ2) is 7.59. The average molecular weight is 452 g/mol. The maximum atomic E-state index is 12.7. The third kappa shape index (κ3) is 3.90. The number of hydrogen-bond donors (Lipinski definition) is 0. The summed E-state index contributed by atoms with van der Waals surface area (Å²) in [5.41, 5.74) is 1.48. The lowest BCUT2D eigenvalue weighted by atomic mass is 10.2. The molecule has 3 aromatic heterocycles. The van der Waals surface area contributed by atoms with E-state index < -0.39 is 0 Å². The molecule has 0 radical (unpaired) electrons. The molecule has 0 aliphatic carbocycles. The number of nitrogens with zero attached hydrogens (tertiary/aromatic N) is 5. The molecule has 0 atom stereocenters. The molecule has 1 aliphatic heterocycles. The zero-order valence-electron chi connectivity index (χ0n) is 14.3. The van der Waals surface area contributed by atoms with E-state index in [1.165, 1.54) is 16.2 Å². The highest BCUT2D eigenvalue weighted by Gasteiger charge is 2.24. The molecule has 9 heteroatoms. The fourth-order valence-corrected chi connectivity index (χ4v) is 5.26. The molecule has 0 unspecified atom stereocenters. The Bertz CT molecular complexity index is 910. The van der Waals surface area contributed by atoms with Crippen molar-refractivity contribution in [1.29, 1.82) is 0 Å². The summed E-state index contributed by atoms with van der Waals surface area (Å²) in [6.07, 6.45) is 3.68. The Balaban J connectivity index is 1.35. The second-order valence-corrected chi connectivity index (χ2v) is 9.62. The van der Waals surface area contributed by atoms with Gasteiger partial charge in [-0.05, 0) is 28.1 Å². The minimum absolute atomic E-state index is 0.0231. The first-order valence-corrected chi connectivity index (χ1v) is 10.8. The molecular weight excluding hydrogens is 434 g/mol. The molecule has 0 saturated carbocycles. The molecule has 3 aromatic rings. The number of rotatable bonds is 4. The number of thiophene rings is 1. The van der Waals surface area contributed by atoms with Crippen molar-refractivity contribution < 1.29 is 4.79 Å². The Labute approximate surface area is 168 Å². The molecule has 26 heavy (non-hydrogen) atoms. The number of hydrogen-bond acceptors (Lipinski definition) is 6. The molecule has 0 N–H and O–H groups in total. The third-order valence-electron chi connectivity index (χ3n) is 4.34. The molecule has 0 spiro atoms. The van der Waals surface area contributed by atoms with Crippen LogP contribution in [-0.2, 0) is 13.6 Å². The molecule has 4 rings (SSSR count). The van der Waals surface area contributed by atoms with Crippen LogP contribution in [0.15, 0.2) is 33.7 Å². The van der Waals surface area contributed by atoms with Crippen LogP contribution in [0.5, 0.6) is 0 Å². The van der Waals surface area contributed by atoms with Crippen molar-refractivity contribution >= 4 is 44.5 Å². The van der Waals surface area contributed by atoms with E-state index in [1.807, 2.05) is 23.5 Å². The Kier molecular flexibility index (Phi) is 5.21. The van der Waals surface area contributed by atoms with Gasteiger partial charge in [0, 0.05) is 61.8 Å². The van der Waals surface area contributed by atoms with Gasteiger partial charge in [-0.15, -0.1) is 22.7 Å². The van der Waals surface area contributed by atoms with Crippen LogP contribution < -0.4 is 0 Å². The van der Waals surface area contributed by atoms with Crippen LogP contribution in [0.1, 0.15) is 15.4 Å². The number of thiazole rings is 1. The monoisotopic (exact) mass is 451 g/mol. The first-order chi connectivity index (χ1) is 12.6. The summed E-state index contributed by atoms with van der Waals surface area (Å²) in [6.45, 7) is 4.21. The van der Waals surface area contributed by atoms with Crippen LogP contribution in [0.4, 0.5) is 0 Å². The van der Waals surface area contributed by atoms with Gasteiger partial charge >= 0.3 is 0 Å². The lowest BCUT2D eigenvalue weighted by molar-refractivity contribution is 0.0625. The lowest BCUT2D eigenvalue weighted by Crippen LogP contribution is -2.48. The molecule has 6 nitrogen and oxygen atoms in total. The fraction of sp³-hybridized carbons (Fsp3) is 0.353. The Hall–Kier alpha value is -1.55. The summed E-state index contributed by atoms with van der Waals surface area (Å²) < 4.78 is 2.90. The van der Waals surface area contributed by atoms with Gasteiger partial charge < -0.3 is 4.90 Å². The number of carbonyl (C=O) groups is 1. The normalized spacial score (nSPS) is 15.5. The van der Waals surface area contributed by atoms with E-state index in [-0.39, 0.29) is 5.91 Å². The standard InChI is InChI=1S/C17H18BrN5OS2/c1-21-9-12(8-19-21)16-20-14(11-25-16)17(24)23-6-4-22(5-7-23)10-13-2-3-15(18)26-13/h2-3,8-9,11H,4-7,10H2,1H3. The average Bonchev–Trinajstić information content (AvgIpc) is 3.36. The smallest absolute Gasteiger partial charge is 0.273 e. The van der Waals surface area contributed by atoms with E-state index >= 15 is 0 Å². The zero-order chi connectivity index (χ0) is 18.1. The lowest BCUT2D eigenvalue weighted by Gasteiger charge is -2.34. The summed E-state index contributed by atoms with van der Waals surface area (Å²) in [5.74, 6) is 0.0231. The summed E-state index contributed by atoms with van der Waals surface area (Å²) in [5, 5.41) is 6.85. The highest BCUT2D eigenvalue weighted by atomic mass is 79.9. The van der Waals surface area contributed by atoms with E-state index in [2.05, 4.69) is 43.0 Å². The van der Waals surface area contributed by atoms with Crippen molar-refractivity contribution in [2.45, 2.75) is 6.54 Å². The molecule has 0 aromatic carbocycles. The van der Waals surface area contributed by atoms with Gasteiger partial charge in [0.1, 0.15) is 10.7 Å². The van der Waals surface area contributed by atoms with Gasteiger partial charge in [-0.2, -0.15) is 5.10 Å². The van der Waals surface area contributed by atoms with Crippen molar-refractivity contribution in [3.8, 4) is 10.6 Å². The maximum absolute atomic E-state index is 12.7. The fourth-order valence-electron chi connectivity index (χ4n) is 2.96.